The molecule has 0 amide bonds. The van der Waals surface area contributed by atoms with E-state index in [9.17, 15) is 9.90 Å². The fraction of sp³-hybridized carbons (Fsp3) is 0.538. The summed E-state index contributed by atoms with van der Waals surface area (Å²) < 4.78 is 5.13. The number of methoxy groups -OCH3 is 1. The molecule has 1 N–H and O–H groups in total. The maximum absolute atomic E-state index is 11.4. The Morgan fingerprint density at radius 3 is 2.65 bits per heavy atom. The first kappa shape index (κ1) is 11.9. The minimum Gasteiger partial charge on any atom is -0.480 e. The molecule has 0 aromatic carbocycles. The fourth-order valence-electron chi connectivity index (χ4n) is 2.58. The van der Waals surface area contributed by atoms with Crippen molar-refractivity contribution in [1.82, 2.24) is 4.98 Å². The first-order valence-corrected chi connectivity index (χ1v) is 5.89. The molecule has 0 aliphatic heterocycles. The first-order valence-electron chi connectivity index (χ1n) is 5.89. The van der Waals surface area contributed by atoms with Crippen LogP contribution in [0.5, 0.6) is 5.88 Å². The van der Waals surface area contributed by atoms with Crippen molar-refractivity contribution in [2.75, 3.05) is 7.11 Å². The average Bonchev–Trinajstić information content (AvgIpc) is 2.73. The molecule has 0 fully saturated rings. The molecule has 2 rings (SSSR count). The topological polar surface area (TPSA) is 59.4 Å². The zero-order valence-electron chi connectivity index (χ0n) is 10.4. The number of carbonyl (C=O) groups is 1. The summed E-state index contributed by atoms with van der Waals surface area (Å²) in [6, 6.07) is 0. The molecule has 0 bridgehead atoms. The second-order valence-electron chi connectivity index (χ2n) is 4.65. The van der Waals surface area contributed by atoms with Crippen LogP contribution >= 0.6 is 0 Å². The monoisotopic (exact) mass is 235 g/mol. The van der Waals surface area contributed by atoms with Gasteiger partial charge in [-0.05, 0) is 36.3 Å². The van der Waals surface area contributed by atoms with Crippen LogP contribution in [0.15, 0.2) is 0 Å². The second-order valence-corrected chi connectivity index (χ2v) is 4.65. The van der Waals surface area contributed by atoms with Gasteiger partial charge in [-0.1, -0.05) is 13.8 Å². The number of hydrogen-bond donors (Lipinski definition) is 1. The molecule has 1 aromatic heterocycles. The Balaban J connectivity index is 2.74. The predicted octanol–water partition coefficient (Wildman–Crippen LogP) is 2.40. The van der Waals surface area contributed by atoms with Gasteiger partial charge in [0.15, 0.2) is 0 Å². The molecular weight excluding hydrogens is 218 g/mol. The summed E-state index contributed by atoms with van der Waals surface area (Å²) >= 11 is 0. The second kappa shape index (κ2) is 4.35. The molecule has 0 radical (unpaired) electrons. The highest BCUT2D eigenvalue weighted by Crippen LogP contribution is 2.35. The number of carboxylic acid groups (broad SMARTS) is 1. The molecule has 92 valence electrons. The predicted molar refractivity (Wildman–Crippen MR) is 63.9 cm³/mol. The van der Waals surface area contributed by atoms with Crippen molar-refractivity contribution in [3.05, 3.63) is 22.4 Å². The van der Waals surface area contributed by atoms with Gasteiger partial charge < -0.3 is 9.84 Å². The van der Waals surface area contributed by atoms with Gasteiger partial charge in [-0.25, -0.2) is 9.78 Å². The molecule has 1 heterocycles. The number of ether oxygens (including phenoxy) is 1. The quantitative estimate of drug-likeness (QED) is 0.874. The molecule has 0 atom stereocenters. The van der Waals surface area contributed by atoms with Crippen LogP contribution in [0.1, 0.15) is 53.4 Å². The minimum absolute atomic E-state index is 0.171. The van der Waals surface area contributed by atoms with Crippen LogP contribution in [0.2, 0.25) is 0 Å². The van der Waals surface area contributed by atoms with Crippen molar-refractivity contribution in [1.29, 1.82) is 0 Å². The van der Waals surface area contributed by atoms with E-state index < -0.39 is 5.97 Å². The number of aromatic carboxylic acids is 1. The van der Waals surface area contributed by atoms with Crippen molar-refractivity contribution >= 4 is 5.97 Å². The van der Waals surface area contributed by atoms with E-state index >= 15 is 0 Å². The van der Waals surface area contributed by atoms with Crippen LogP contribution in [0.4, 0.5) is 0 Å². The highest BCUT2D eigenvalue weighted by atomic mass is 16.5. The van der Waals surface area contributed by atoms with Crippen LogP contribution in [-0.4, -0.2) is 23.2 Å². The van der Waals surface area contributed by atoms with Crippen molar-refractivity contribution in [3.8, 4) is 5.88 Å². The summed E-state index contributed by atoms with van der Waals surface area (Å²) in [5.74, 6) is -0.528. The number of hydrogen-bond acceptors (Lipinski definition) is 3. The molecular formula is C13H17NO3. The lowest BCUT2D eigenvalue weighted by molar-refractivity contribution is 0.0690. The van der Waals surface area contributed by atoms with Gasteiger partial charge in [0.25, 0.3) is 0 Å². The van der Waals surface area contributed by atoms with E-state index in [4.69, 9.17) is 4.74 Å². The zero-order chi connectivity index (χ0) is 12.6. The van der Waals surface area contributed by atoms with E-state index in [2.05, 4.69) is 4.98 Å². The van der Waals surface area contributed by atoms with Crippen molar-refractivity contribution in [2.24, 2.45) is 0 Å². The van der Waals surface area contributed by atoms with Gasteiger partial charge in [-0.2, -0.15) is 0 Å². The van der Waals surface area contributed by atoms with Crippen LogP contribution in [0, 0.1) is 0 Å². The van der Waals surface area contributed by atoms with Crippen LogP contribution in [0.25, 0.3) is 0 Å². The third-order valence-corrected chi connectivity index (χ3v) is 3.22. The Hall–Kier alpha value is -1.58. The maximum atomic E-state index is 11.4. The van der Waals surface area contributed by atoms with Gasteiger partial charge in [0, 0.05) is 5.69 Å². The number of carboxylic acids is 1. The van der Waals surface area contributed by atoms with Crippen molar-refractivity contribution in [2.45, 2.75) is 39.0 Å². The molecule has 4 nitrogen and oxygen atoms in total. The van der Waals surface area contributed by atoms with Crippen LogP contribution < -0.4 is 4.74 Å². The van der Waals surface area contributed by atoms with Gasteiger partial charge in [0.1, 0.15) is 5.56 Å². The van der Waals surface area contributed by atoms with Gasteiger partial charge >= 0.3 is 5.97 Å². The highest BCUT2D eigenvalue weighted by Gasteiger charge is 2.28. The lowest BCUT2D eigenvalue weighted by Gasteiger charge is -2.17. The van der Waals surface area contributed by atoms with E-state index in [1.165, 1.54) is 7.11 Å². The zero-order valence-corrected chi connectivity index (χ0v) is 10.4. The van der Waals surface area contributed by atoms with Gasteiger partial charge in [-0.15, -0.1) is 0 Å². The van der Waals surface area contributed by atoms with E-state index in [1.54, 1.807) is 0 Å². The largest absolute Gasteiger partial charge is 0.480 e. The first-order chi connectivity index (χ1) is 8.06. The Morgan fingerprint density at radius 1 is 1.41 bits per heavy atom. The summed E-state index contributed by atoms with van der Waals surface area (Å²) in [7, 11) is 1.47. The van der Waals surface area contributed by atoms with Crippen molar-refractivity contribution < 1.29 is 14.6 Å². The molecule has 4 heteroatoms. The highest BCUT2D eigenvalue weighted by molar-refractivity contribution is 5.93. The molecule has 17 heavy (non-hydrogen) atoms. The standard InChI is InChI=1S/C13H17NO3/c1-7(2)10-8-5-4-6-9(8)14-12(17-3)11(10)13(15)16/h7H,4-6H2,1-3H3,(H,15,16). The van der Waals surface area contributed by atoms with E-state index in [0.717, 1.165) is 36.1 Å². The SMILES string of the molecule is COc1nc2c(c(C(C)C)c1C(=O)O)CCC2. The van der Waals surface area contributed by atoms with E-state index in [-0.39, 0.29) is 17.4 Å². The van der Waals surface area contributed by atoms with Crippen LogP contribution in [-0.2, 0) is 12.8 Å². The minimum atomic E-state index is -0.951. The Labute approximate surface area is 101 Å². The maximum Gasteiger partial charge on any atom is 0.341 e. The summed E-state index contributed by atoms with van der Waals surface area (Å²) in [6.45, 7) is 4.03. The number of fused-ring (bicyclic) bond motifs is 1. The number of pyridine rings is 1. The Morgan fingerprint density at radius 2 is 2.12 bits per heavy atom. The number of nitrogens with zero attached hydrogens (tertiary/aromatic N) is 1. The summed E-state index contributed by atoms with van der Waals surface area (Å²) in [4.78, 5) is 15.7. The lowest BCUT2D eigenvalue weighted by atomic mass is 9.92. The summed E-state index contributed by atoms with van der Waals surface area (Å²) in [6.07, 6.45) is 2.90. The third-order valence-electron chi connectivity index (χ3n) is 3.22. The van der Waals surface area contributed by atoms with Gasteiger partial charge in [-0.3, -0.25) is 0 Å². The summed E-state index contributed by atoms with van der Waals surface area (Å²) in [5.41, 5.74) is 3.27. The van der Waals surface area contributed by atoms with Crippen LogP contribution in [0.3, 0.4) is 0 Å². The van der Waals surface area contributed by atoms with Gasteiger partial charge in [0.05, 0.1) is 7.11 Å². The normalized spacial score (nSPS) is 13.9. The molecule has 0 unspecified atom stereocenters. The summed E-state index contributed by atoms with van der Waals surface area (Å²) in [5, 5.41) is 9.34. The third kappa shape index (κ3) is 1.88. The molecule has 0 saturated heterocycles. The van der Waals surface area contributed by atoms with Crippen molar-refractivity contribution in [3.63, 3.8) is 0 Å². The smallest absolute Gasteiger partial charge is 0.341 e. The molecule has 1 aliphatic rings. The molecule has 1 aromatic rings. The molecule has 0 spiro atoms. The fourth-order valence-corrected chi connectivity index (χ4v) is 2.58. The molecule has 1 aliphatic carbocycles. The Bertz CT molecular complexity index is 466. The molecule has 0 saturated carbocycles. The van der Waals surface area contributed by atoms with E-state index in [0.29, 0.717) is 0 Å². The number of rotatable bonds is 3. The number of aromatic nitrogens is 1. The number of aryl methyl sites for hydroxylation is 1. The van der Waals surface area contributed by atoms with Gasteiger partial charge in [0.2, 0.25) is 5.88 Å². The Kier molecular flexibility index (Phi) is 3.05. The lowest BCUT2D eigenvalue weighted by Crippen LogP contribution is -2.12. The average molecular weight is 235 g/mol. The van der Waals surface area contributed by atoms with E-state index in [1.807, 2.05) is 13.8 Å².